The topological polar surface area (TPSA) is 30.5 Å². The Balaban J connectivity index is 2.90. The molecule has 0 fully saturated rings. The molecule has 0 aliphatic rings. The summed E-state index contributed by atoms with van der Waals surface area (Å²) in [5, 5.41) is 3.03. The van der Waals surface area contributed by atoms with Gasteiger partial charge in [0.2, 0.25) is 0 Å². The number of benzene rings is 1. The van der Waals surface area contributed by atoms with E-state index in [1.165, 1.54) is 18.2 Å². The minimum Gasteiger partial charge on any atom is -0.406 e. The third-order valence-corrected chi connectivity index (χ3v) is 2.66. The SMILES string of the molecule is CCOC(C)C(NC)c1cccc(OC(F)(F)F)c1. The van der Waals surface area contributed by atoms with E-state index < -0.39 is 6.36 Å². The van der Waals surface area contributed by atoms with Gasteiger partial charge in [0.15, 0.2) is 0 Å². The first-order valence-electron chi connectivity index (χ1n) is 6.02. The molecule has 1 aromatic rings. The van der Waals surface area contributed by atoms with Crippen molar-refractivity contribution < 1.29 is 22.6 Å². The molecule has 0 radical (unpaired) electrons. The lowest BCUT2D eigenvalue weighted by atomic mass is 10.0. The number of nitrogens with one attached hydrogen (secondary N) is 1. The molecule has 1 rings (SSSR count). The Hall–Kier alpha value is -1.27. The summed E-state index contributed by atoms with van der Waals surface area (Å²) in [4.78, 5) is 0. The summed E-state index contributed by atoms with van der Waals surface area (Å²) >= 11 is 0. The Labute approximate surface area is 110 Å². The molecule has 3 nitrogen and oxygen atoms in total. The Morgan fingerprint density at radius 3 is 2.53 bits per heavy atom. The van der Waals surface area contributed by atoms with Crippen molar-refractivity contribution in [3.63, 3.8) is 0 Å². The fourth-order valence-corrected chi connectivity index (χ4v) is 1.94. The van der Waals surface area contributed by atoms with Gasteiger partial charge in [0.25, 0.3) is 0 Å². The third-order valence-electron chi connectivity index (χ3n) is 2.66. The predicted molar refractivity (Wildman–Crippen MR) is 66.0 cm³/mol. The van der Waals surface area contributed by atoms with Crippen LogP contribution < -0.4 is 10.1 Å². The van der Waals surface area contributed by atoms with Gasteiger partial charge >= 0.3 is 6.36 Å². The molecule has 0 saturated carbocycles. The summed E-state index contributed by atoms with van der Waals surface area (Å²) < 4.78 is 45.9. The van der Waals surface area contributed by atoms with E-state index in [4.69, 9.17) is 4.74 Å². The average molecular weight is 277 g/mol. The smallest absolute Gasteiger partial charge is 0.406 e. The van der Waals surface area contributed by atoms with E-state index in [0.29, 0.717) is 12.2 Å². The fraction of sp³-hybridized carbons (Fsp3) is 0.538. The highest BCUT2D eigenvalue weighted by molar-refractivity contribution is 5.31. The van der Waals surface area contributed by atoms with Crippen molar-refractivity contribution in [1.82, 2.24) is 5.32 Å². The predicted octanol–water partition coefficient (Wildman–Crippen LogP) is 3.27. The maximum atomic E-state index is 12.2. The van der Waals surface area contributed by atoms with Crippen LogP contribution in [0.2, 0.25) is 0 Å². The zero-order valence-electron chi connectivity index (χ0n) is 11.1. The highest BCUT2D eigenvalue weighted by atomic mass is 19.4. The van der Waals surface area contributed by atoms with Gasteiger partial charge in [-0.25, -0.2) is 0 Å². The van der Waals surface area contributed by atoms with Crippen molar-refractivity contribution in [3.05, 3.63) is 29.8 Å². The first-order valence-corrected chi connectivity index (χ1v) is 6.02. The van der Waals surface area contributed by atoms with Crippen LogP contribution in [-0.2, 0) is 4.74 Å². The molecule has 2 unspecified atom stereocenters. The van der Waals surface area contributed by atoms with E-state index in [-0.39, 0.29) is 17.9 Å². The van der Waals surface area contributed by atoms with Crippen molar-refractivity contribution in [2.24, 2.45) is 0 Å². The number of halogens is 3. The molecule has 0 aliphatic heterocycles. The van der Waals surface area contributed by atoms with E-state index in [1.807, 2.05) is 13.8 Å². The highest BCUT2D eigenvalue weighted by Gasteiger charge is 2.31. The molecule has 2 atom stereocenters. The Morgan fingerprint density at radius 2 is 2.00 bits per heavy atom. The van der Waals surface area contributed by atoms with Crippen LogP contribution >= 0.6 is 0 Å². The molecule has 6 heteroatoms. The maximum absolute atomic E-state index is 12.2. The first-order chi connectivity index (χ1) is 8.87. The standard InChI is InChI=1S/C13H18F3NO2/c1-4-18-9(2)12(17-3)10-6-5-7-11(8-10)19-13(14,15)16/h5-9,12,17H,4H2,1-3H3. The lowest BCUT2D eigenvalue weighted by molar-refractivity contribution is -0.274. The van der Waals surface area contributed by atoms with Gasteiger partial charge in [0.05, 0.1) is 12.1 Å². The van der Waals surface area contributed by atoms with Gasteiger partial charge in [0.1, 0.15) is 5.75 Å². The quantitative estimate of drug-likeness (QED) is 0.865. The average Bonchev–Trinajstić information content (AvgIpc) is 2.28. The van der Waals surface area contributed by atoms with Crippen LogP contribution in [0.4, 0.5) is 13.2 Å². The number of likely N-dealkylation sites (N-methyl/N-ethyl adjacent to an activating group) is 1. The second-order valence-corrected chi connectivity index (χ2v) is 4.05. The fourth-order valence-electron chi connectivity index (χ4n) is 1.94. The third kappa shape index (κ3) is 5.08. The van der Waals surface area contributed by atoms with E-state index in [0.717, 1.165) is 0 Å². The Bertz CT molecular complexity index is 396. The van der Waals surface area contributed by atoms with Gasteiger partial charge < -0.3 is 14.8 Å². The molecular formula is C13H18F3NO2. The van der Waals surface area contributed by atoms with Crippen LogP contribution in [0.1, 0.15) is 25.5 Å². The van der Waals surface area contributed by atoms with Crippen molar-refractivity contribution in [3.8, 4) is 5.75 Å². The normalized spacial score (nSPS) is 15.1. The molecule has 0 saturated heterocycles. The molecule has 0 aliphatic carbocycles. The van der Waals surface area contributed by atoms with Crippen LogP contribution in [0.15, 0.2) is 24.3 Å². The Kier molecular flexibility index (Phi) is 5.62. The number of hydrogen-bond donors (Lipinski definition) is 1. The van der Waals surface area contributed by atoms with Crippen LogP contribution in [0.5, 0.6) is 5.75 Å². The summed E-state index contributed by atoms with van der Waals surface area (Å²) in [6.45, 7) is 4.27. The van der Waals surface area contributed by atoms with Crippen LogP contribution in [0.3, 0.4) is 0 Å². The van der Waals surface area contributed by atoms with Crippen molar-refractivity contribution in [2.45, 2.75) is 32.4 Å². The van der Waals surface area contributed by atoms with Gasteiger partial charge in [-0.2, -0.15) is 0 Å². The zero-order valence-corrected chi connectivity index (χ0v) is 11.1. The second-order valence-electron chi connectivity index (χ2n) is 4.05. The molecule has 108 valence electrons. The van der Waals surface area contributed by atoms with Crippen LogP contribution in [0, 0.1) is 0 Å². The number of ether oxygens (including phenoxy) is 2. The molecule has 0 spiro atoms. The van der Waals surface area contributed by atoms with Gasteiger partial charge in [-0.3, -0.25) is 0 Å². The second kappa shape index (κ2) is 6.77. The number of rotatable bonds is 6. The molecule has 1 aromatic carbocycles. The molecule has 0 aromatic heterocycles. The zero-order chi connectivity index (χ0) is 14.5. The summed E-state index contributed by atoms with van der Waals surface area (Å²) in [6, 6.07) is 5.70. The van der Waals surface area contributed by atoms with Gasteiger partial charge in [0, 0.05) is 6.61 Å². The van der Waals surface area contributed by atoms with Crippen LogP contribution in [0.25, 0.3) is 0 Å². The molecule has 19 heavy (non-hydrogen) atoms. The number of alkyl halides is 3. The minimum atomic E-state index is -4.68. The highest BCUT2D eigenvalue weighted by Crippen LogP contribution is 2.27. The molecule has 1 N–H and O–H groups in total. The molecular weight excluding hydrogens is 259 g/mol. The largest absolute Gasteiger partial charge is 0.573 e. The minimum absolute atomic E-state index is 0.156. The molecule has 0 amide bonds. The lowest BCUT2D eigenvalue weighted by Crippen LogP contribution is -2.29. The summed E-state index contributed by atoms with van der Waals surface area (Å²) in [6.07, 6.45) is -4.84. The van der Waals surface area contributed by atoms with Crippen LogP contribution in [-0.4, -0.2) is 26.1 Å². The summed E-state index contributed by atoms with van der Waals surface area (Å²) in [5.41, 5.74) is 0.685. The lowest BCUT2D eigenvalue weighted by Gasteiger charge is -2.24. The van der Waals surface area contributed by atoms with E-state index in [1.54, 1.807) is 13.1 Å². The summed E-state index contributed by atoms with van der Waals surface area (Å²) in [5.74, 6) is -0.228. The number of hydrogen-bond acceptors (Lipinski definition) is 3. The van der Waals surface area contributed by atoms with Crippen molar-refractivity contribution in [2.75, 3.05) is 13.7 Å². The monoisotopic (exact) mass is 277 g/mol. The van der Waals surface area contributed by atoms with Crippen molar-refractivity contribution in [1.29, 1.82) is 0 Å². The maximum Gasteiger partial charge on any atom is 0.573 e. The van der Waals surface area contributed by atoms with E-state index >= 15 is 0 Å². The van der Waals surface area contributed by atoms with Gasteiger partial charge in [-0.1, -0.05) is 12.1 Å². The molecule has 0 heterocycles. The van der Waals surface area contributed by atoms with Gasteiger partial charge in [-0.05, 0) is 38.6 Å². The van der Waals surface area contributed by atoms with Crippen molar-refractivity contribution >= 4 is 0 Å². The van der Waals surface area contributed by atoms with E-state index in [2.05, 4.69) is 10.1 Å². The summed E-state index contributed by atoms with van der Waals surface area (Å²) in [7, 11) is 1.73. The first kappa shape index (κ1) is 15.8. The van der Waals surface area contributed by atoms with E-state index in [9.17, 15) is 13.2 Å². The Morgan fingerprint density at radius 1 is 1.32 bits per heavy atom. The molecule has 0 bridgehead atoms. The van der Waals surface area contributed by atoms with Gasteiger partial charge in [-0.15, -0.1) is 13.2 Å².